The second-order valence-corrected chi connectivity index (χ2v) is 5.52. The third-order valence-electron chi connectivity index (χ3n) is 3.92. The highest BCUT2D eigenvalue weighted by Gasteiger charge is 2.10. The molecule has 0 spiro atoms. The highest BCUT2D eigenvalue weighted by Crippen LogP contribution is 2.26. The van der Waals surface area contributed by atoms with Gasteiger partial charge in [0.05, 0.1) is 11.2 Å². The Hall–Kier alpha value is -3.40. The predicted octanol–water partition coefficient (Wildman–Crippen LogP) is 4.48. The maximum atomic E-state index is 12.3. The van der Waals surface area contributed by atoms with Crippen LogP contribution in [0.3, 0.4) is 0 Å². The number of aromatic nitrogens is 2. The number of amides is 1. The lowest BCUT2D eigenvalue weighted by molar-refractivity contribution is 0.102. The lowest BCUT2D eigenvalue weighted by Gasteiger charge is -2.05. The van der Waals surface area contributed by atoms with Crippen molar-refractivity contribution in [3.8, 4) is 11.3 Å². The van der Waals surface area contributed by atoms with Gasteiger partial charge in [0.15, 0.2) is 0 Å². The predicted molar refractivity (Wildman–Crippen MR) is 95.9 cm³/mol. The third-order valence-corrected chi connectivity index (χ3v) is 3.92. The van der Waals surface area contributed by atoms with E-state index in [1.807, 2.05) is 78.9 Å². The Kier molecular flexibility index (Phi) is 3.56. The number of para-hydroxylation sites is 2. The van der Waals surface area contributed by atoms with Crippen molar-refractivity contribution >= 4 is 22.5 Å². The van der Waals surface area contributed by atoms with Gasteiger partial charge in [0, 0.05) is 22.2 Å². The summed E-state index contributed by atoms with van der Waals surface area (Å²) in [5.74, 6) is -0.125. The number of nitrogens with zero attached hydrogens (tertiary/aromatic N) is 1. The van der Waals surface area contributed by atoms with Crippen molar-refractivity contribution in [1.82, 2.24) is 10.2 Å². The molecule has 0 fully saturated rings. The molecule has 116 valence electrons. The molecule has 1 heterocycles. The van der Waals surface area contributed by atoms with Gasteiger partial charge < -0.3 is 5.32 Å². The van der Waals surface area contributed by atoms with E-state index < -0.39 is 0 Å². The Balaban J connectivity index is 1.60. The van der Waals surface area contributed by atoms with Gasteiger partial charge in [-0.15, -0.1) is 0 Å². The van der Waals surface area contributed by atoms with E-state index in [0.717, 1.165) is 27.8 Å². The van der Waals surface area contributed by atoms with E-state index >= 15 is 0 Å². The normalized spacial score (nSPS) is 10.7. The van der Waals surface area contributed by atoms with Gasteiger partial charge in [0.1, 0.15) is 0 Å². The summed E-state index contributed by atoms with van der Waals surface area (Å²) < 4.78 is 0. The zero-order chi connectivity index (χ0) is 16.4. The van der Waals surface area contributed by atoms with Crippen molar-refractivity contribution in [3.05, 3.63) is 84.4 Å². The molecule has 0 aliphatic carbocycles. The van der Waals surface area contributed by atoms with E-state index in [0.29, 0.717) is 5.56 Å². The number of benzene rings is 3. The summed E-state index contributed by atoms with van der Waals surface area (Å²) in [7, 11) is 0. The third kappa shape index (κ3) is 2.65. The van der Waals surface area contributed by atoms with E-state index in [4.69, 9.17) is 0 Å². The summed E-state index contributed by atoms with van der Waals surface area (Å²) in [6.45, 7) is 0. The number of carbonyl (C=O) groups is 1. The van der Waals surface area contributed by atoms with Crippen LogP contribution in [0.25, 0.3) is 22.2 Å². The van der Waals surface area contributed by atoms with Crippen LogP contribution >= 0.6 is 0 Å². The molecule has 1 aromatic heterocycles. The van der Waals surface area contributed by atoms with Crippen LogP contribution in [0.1, 0.15) is 10.4 Å². The second-order valence-electron chi connectivity index (χ2n) is 5.52. The number of nitrogens with one attached hydrogen (secondary N) is 2. The van der Waals surface area contributed by atoms with Crippen LogP contribution in [0.2, 0.25) is 0 Å². The number of rotatable bonds is 3. The molecule has 3 aromatic carbocycles. The number of aromatic amines is 1. The number of hydrogen-bond acceptors (Lipinski definition) is 2. The molecular formula is C20H15N3O. The molecular weight excluding hydrogens is 298 g/mol. The largest absolute Gasteiger partial charge is 0.322 e. The molecule has 0 saturated carbocycles. The van der Waals surface area contributed by atoms with Crippen LogP contribution in [-0.2, 0) is 0 Å². The van der Waals surface area contributed by atoms with E-state index in [9.17, 15) is 4.79 Å². The average molecular weight is 313 g/mol. The lowest BCUT2D eigenvalue weighted by atomic mass is 10.1. The highest BCUT2D eigenvalue weighted by atomic mass is 16.1. The summed E-state index contributed by atoms with van der Waals surface area (Å²) in [6, 6.07) is 24.9. The van der Waals surface area contributed by atoms with Gasteiger partial charge in [0.25, 0.3) is 5.91 Å². The molecule has 0 saturated heterocycles. The lowest BCUT2D eigenvalue weighted by Crippen LogP contribution is -2.11. The SMILES string of the molecule is O=C(Nc1ccccc1)c1ccc(-c2n[nH]c3ccccc23)cc1. The molecule has 4 nitrogen and oxygen atoms in total. The standard InChI is InChI=1S/C20H15N3O/c24-20(21-16-6-2-1-3-7-16)15-12-10-14(11-13-15)19-17-8-4-5-9-18(17)22-23-19/h1-13H,(H,21,24)(H,22,23). The minimum atomic E-state index is -0.125. The summed E-state index contributed by atoms with van der Waals surface area (Å²) in [5.41, 5.74) is 4.26. The Morgan fingerprint density at radius 3 is 2.33 bits per heavy atom. The van der Waals surface area contributed by atoms with Gasteiger partial charge in [-0.1, -0.05) is 48.5 Å². The quantitative estimate of drug-likeness (QED) is 0.586. The summed E-state index contributed by atoms with van der Waals surface area (Å²) in [4.78, 5) is 12.3. The Morgan fingerprint density at radius 1 is 0.833 bits per heavy atom. The summed E-state index contributed by atoms with van der Waals surface area (Å²) >= 11 is 0. The first-order valence-electron chi connectivity index (χ1n) is 7.71. The molecule has 0 radical (unpaired) electrons. The molecule has 4 rings (SSSR count). The molecule has 0 aliphatic heterocycles. The molecule has 0 aliphatic rings. The summed E-state index contributed by atoms with van der Waals surface area (Å²) in [5, 5.41) is 11.4. The van der Waals surface area contributed by atoms with Crippen LogP contribution in [0.4, 0.5) is 5.69 Å². The first-order valence-corrected chi connectivity index (χ1v) is 7.71. The van der Waals surface area contributed by atoms with Gasteiger partial charge in [-0.2, -0.15) is 5.10 Å². The van der Waals surface area contributed by atoms with Gasteiger partial charge in [-0.25, -0.2) is 0 Å². The van der Waals surface area contributed by atoms with E-state index in [2.05, 4.69) is 15.5 Å². The smallest absolute Gasteiger partial charge is 0.255 e. The number of anilines is 1. The number of H-pyrrole nitrogens is 1. The first-order chi connectivity index (χ1) is 11.8. The van der Waals surface area contributed by atoms with Gasteiger partial charge in [-0.05, 0) is 30.3 Å². The fourth-order valence-electron chi connectivity index (χ4n) is 2.69. The molecule has 0 atom stereocenters. The topological polar surface area (TPSA) is 57.8 Å². The van der Waals surface area contributed by atoms with Crippen molar-refractivity contribution in [2.45, 2.75) is 0 Å². The van der Waals surface area contributed by atoms with Crippen LogP contribution in [-0.4, -0.2) is 16.1 Å². The van der Waals surface area contributed by atoms with Crippen LogP contribution in [0.15, 0.2) is 78.9 Å². The highest BCUT2D eigenvalue weighted by molar-refractivity contribution is 6.04. The number of carbonyl (C=O) groups excluding carboxylic acids is 1. The minimum absolute atomic E-state index is 0.125. The molecule has 2 N–H and O–H groups in total. The fraction of sp³-hybridized carbons (Fsp3) is 0. The zero-order valence-corrected chi connectivity index (χ0v) is 12.9. The van der Waals surface area contributed by atoms with Crippen molar-refractivity contribution in [3.63, 3.8) is 0 Å². The van der Waals surface area contributed by atoms with Crippen LogP contribution in [0, 0.1) is 0 Å². The van der Waals surface area contributed by atoms with Crippen LogP contribution < -0.4 is 5.32 Å². The minimum Gasteiger partial charge on any atom is -0.322 e. The number of hydrogen-bond donors (Lipinski definition) is 2. The zero-order valence-electron chi connectivity index (χ0n) is 12.9. The fourth-order valence-corrected chi connectivity index (χ4v) is 2.69. The molecule has 0 bridgehead atoms. The maximum Gasteiger partial charge on any atom is 0.255 e. The van der Waals surface area contributed by atoms with Gasteiger partial charge in [-0.3, -0.25) is 9.89 Å². The monoisotopic (exact) mass is 313 g/mol. The van der Waals surface area contributed by atoms with E-state index in [-0.39, 0.29) is 5.91 Å². The van der Waals surface area contributed by atoms with Gasteiger partial charge in [0.2, 0.25) is 0 Å². The van der Waals surface area contributed by atoms with Gasteiger partial charge >= 0.3 is 0 Å². The molecule has 1 amide bonds. The molecule has 4 heteroatoms. The summed E-state index contributed by atoms with van der Waals surface area (Å²) in [6.07, 6.45) is 0. The Labute approximate surface area is 139 Å². The second kappa shape index (κ2) is 6.01. The van der Waals surface area contributed by atoms with E-state index in [1.165, 1.54) is 0 Å². The average Bonchev–Trinajstić information content (AvgIpc) is 3.07. The van der Waals surface area contributed by atoms with Crippen LogP contribution in [0.5, 0.6) is 0 Å². The van der Waals surface area contributed by atoms with Crippen molar-refractivity contribution in [2.24, 2.45) is 0 Å². The van der Waals surface area contributed by atoms with Crippen molar-refractivity contribution in [2.75, 3.05) is 5.32 Å². The van der Waals surface area contributed by atoms with E-state index in [1.54, 1.807) is 0 Å². The first kappa shape index (κ1) is 14.2. The molecule has 0 unspecified atom stereocenters. The molecule has 4 aromatic rings. The van der Waals surface area contributed by atoms with Crippen molar-refractivity contribution in [1.29, 1.82) is 0 Å². The Bertz CT molecular complexity index is 988. The maximum absolute atomic E-state index is 12.3. The molecule has 24 heavy (non-hydrogen) atoms. The Morgan fingerprint density at radius 2 is 1.54 bits per heavy atom. The van der Waals surface area contributed by atoms with Crippen molar-refractivity contribution < 1.29 is 4.79 Å². The number of fused-ring (bicyclic) bond motifs is 1.